The number of hydrogen-bond donors (Lipinski definition) is 1. The lowest BCUT2D eigenvalue weighted by Gasteiger charge is -2.13. The van der Waals surface area contributed by atoms with Crippen LogP contribution in [0.4, 0.5) is 0 Å². The molecule has 0 radical (unpaired) electrons. The van der Waals surface area contributed by atoms with Crippen molar-refractivity contribution in [3.05, 3.63) is 34.3 Å². The van der Waals surface area contributed by atoms with Gasteiger partial charge in [0.05, 0.1) is 6.61 Å². The standard InChI is InChI=1S/C19H28BrNO3/c1-3-4-5-6-7-8-9-13-24-19(23)15(2)21-18(22)16-11-10-12-17(20)14-16/h10-12,14-15H,3-9,13H2,1-2H3,(H,21,22). The summed E-state index contributed by atoms with van der Waals surface area (Å²) >= 11 is 3.32. The van der Waals surface area contributed by atoms with Gasteiger partial charge in [-0.1, -0.05) is 67.4 Å². The van der Waals surface area contributed by atoms with Crippen LogP contribution >= 0.6 is 15.9 Å². The van der Waals surface area contributed by atoms with E-state index < -0.39 is 6.04 Å². The number of esters is 1. The number of carbonyl (C=O) groups excluding carboxylic acids is 2. The minimum absolute atomic E-state index is 0.281. The summed E-state index contributed by atoms with van der Waals surface area (Å²) in [5, 5.41) is 2.66. The van der Waals surface area contributed by atoms with Gasteiger partial charge in [0.1, 0.15) is 6.04 Å². The van der Waals surface area contributed by atoms with E-state index in [-0.39, 0.29) is 11.9 Å². The number of rotatable bonds is 11. The van der Waals surface area contributed by atoms with Gasteiger partial charge >= 0.3 is 5.97 Å². The van der Waals surface area contributed by atoms with E-state index in [0.717, 1.165) is 17.3 Å². The van der Waals surface area contributed by atoms with Crippen molar-refractivity contribution in [2.75, 3.05) is 6.61 Å². The first kappa shape index (κ1) is 20.7. The summed E-state index contributed by atoms with van der Waals surface area (Å²) in [5.74, 6) is -0.666. The van der Waals surface area contributed by atoms with Crippen LogP contribution in [0.1, 0.15) is 69.2 Å². The largest absolute Gasteiger partial charge is 0.464 e. The van der Waals surface area contributed by atoms with Crippen molar-refractivity contribution >= 4 is 27.8 Å². The molecule has 0 fully saturated rings. The van der Waals surface area contributed by atoms with E-state index in [1.54, 1.807) is 25.1 Å². The summed E-state index contributed by atoms with van der Waals surface area (Å²) in [6.07, 6.45) is 8.23. The molecule has 0 aromatic heterocycles. The van der Waals surface area contributed by atoms with Crippen LogP contribution < -0.4 is 5.32 Å². The van der Waals surface area contributed by atoms with Crippen LogP contribution in [0, 0.1) is 0 Å². The third-order valence-corrected chi connectivity index (χ3v) is 4.27. The minimum atomic E-state index is -0.652. The Morgan fingerprint density at radius 3 is 2.46 bits per heavy atom. The Morgan fingerprint density at radius 1 is 1.12 bits per heavy atom. The zero-order valence-corrected chi connectivity index (χ0v) is 16.2. The fourth-order valence-electron chi connectivity index (χ4n) is 2.33. The molecule has 1 amide bonds. The van der Waals surface area contributed by atoms with E-state index in [4.69, 9.17) is 4.74 Å². The molecule has 0 spiro atoms. The van der Waals surface area contributed by atoms with E-state index in [9.17, 15) is 9.59 Å². The van der Waals surface area contributed by atoms with Crippen LogP contribution in [0.25, 0.3) is 0 Å². The molecule has 0 bridgehead atoms. The van der Waals surface area contributed by atoms with Crippen LogP contribution in [-0.2, 0) is 9.53 Å². The maximum Gasteiger partial charge on any atom is 0.328 e. The van der Waals surface area contributed by atoms with Crippen molar-refractivity contribution in [1.82, 2.24) is 5.32 Å². The SMILES string of the molecule is CCCCCCCCCOC(=O)C(C)NC(=O)c1cccc(Br)c1. The maximum atomic E-state index is 12.1. The molecule has 1 atom stereocenters. The second-order valence-electron chi connectivity index (χ2n) is 5.99. The highest BCUT2D eigenvalue weighted by Crippen LogP contribution is 2.12. The van der Waals surface area contributed by atoms with Gasteiger partial charge < -0.3 is 10.1 Å². The Balaban J connectivity index is 2.19. The molecular formula is C19H28BrNO3. The molecule has 4 nitrogen and oxygen atoms in total. The van der Waals surface area contributed by atoms with Crippen LogP contribution in [0.5, 0.6) is 0 Å². The number of ether oxygens (including phenoxy) is 1. The van der Waals surface area contributed by atoms with Gasteiger partial charge in [-0.05, 0) is 31.5 Å². The predicted octanol–water partition coefficient (Wildman–Crippen LogP) is 4.86. The van der Waals surface area contributed by atoms with Crippen molar-refractivity contribution in [3.63, 3.8) is 0 Å². The summed E-state index contributed by atoms with van der Waals surface area (Å²) < 4.78 is 6.05. The number of nitrogens with one attached hydrogen (secondary N) is 1. The van der Waals surface area contributed by atoms with Crippen molar-refractivity contribution in [1.29, 1.82) is 0 Å². The molecular weight excluding hydrogens is 370 g/mol. The Morgan fingerprint density at radius 2 is 1.79 bits per heavy atom. The number of hydrogen-bond acceptors (Lipinski definition) is 3. The molecule has 1 aromatic rings. The van der Waals surface area contributed by atoms with Gasteiger partial charge in [0.2, 0.25) is 0 Å². The number of halogens is 1. The molecule has 1 unspecified atom stereocenters. The van der Waals surface area contributed by atoms with Gasteiger partial charge in [-0.15, -0.1) is 0 Å². The highest BCUT2D eigenvalue weighted by atomic mass is 79.9. The lowest BCUT2D eigenvalue weighted by atomic mass is 10.1. The first-order chi connectivity index (χ1) is 11.5. The van der Waals surface area contributed by atoms with Gasteiger partial charge in [0.15, 0.2) is 0 Å². The van der Waals surface area contributed by atoms with Crippen molar-refractivity contribution in [2.24, 2.45) is 0 Å². The van der Waals surface area contributed by atoms with Gasteiger partial charge in [0.25, 0.3) is 5.91 Å². The quantitative estimate of drug-likeness (QED) is 0.428. The van der Waals surface area contributed by atoms with E-state index in [1.165, 1.54) is 32.1 Å². The Labute approximate surface area is 153 Å². The third-order valence-electron chi connectivity index (χ3n) is 3.78. The summed E-state index contributed by atoms with van der Waals surface area (Å²) in [6.45, 7) is 4.27. The molecule has 1 aromatic carbocycles. The highest BCUT2D eigenvalue weighted by molar-refractivity contribution is 9.10. The zero-order chi connectivity index (χ0) is 17.8. The fourth-order valence-corrected chi connectivity index (χ4v) is 2.72. The maximum absolute atomic E-state index is 12.1. The van der Waals surface area contributed by atoms with Gasteiger partial charge in [-0.3, -0.25) is 4.79 Å². The molecule has 1 N–H and O–H groups in total. The summed E-state index contributed by atoms with van der Waals surface area (Å²) in [4.78, 5) is 24.0. The topological polar surface area (TPSA) is 55.4 Å². The van der Waals surface area contributed by atoms with Gasteiger partial charge in [0, 0.05) is 10.0 Å². The van der Waals surface area contributed by atoms with E-state index >= 15 is 0 Å². The highest BCUT2D eigenvalue weighted by Gasteiger charge is 2.17. The average molecular weight is 398 g/mol. The number of carbonyl (C=O) groups is 2. The van der Waals surface area contributed by atoms with E-state index in [1.807, 2.05) is 6.07 Å². The summed E-state index contributed by atoms with van der Waals surface area (Å²) in [6, 6.07) is 6.39. The van der Waals surface area contributed by atoms with Crippen LogP contribution in [0.15, 0.2) is 28.7 Å². The Hall–Kier alpha value is -1.36. The second-order valence-corrected chi connectivity index (χ2v) is 6.91. The molecule has 1 rings (SSSR count). The monoisotopic (exact) mass is 397 g/mol. The van der Waals surface area contributed by atoms with Crippen LogP contribution in [0.3, 0.4) is 0 Å². The molecule has 0 heterocycles. The first-order valence-corrected chi connectivity index (χ1v) is 9.57. The molecule has 24 heavy (non-hydrogen) atoms. The minimum Gasteiger partial charge on any atom is -0.464 e. The number of benzene rings is 1. The molecule has 0 aliphatic rings. The summed E-state index contributed by atoms with van der Waals surface area (Å²) in [7, 11) is 0. The molecule has 134 valence electrons. The van der Waals surface area contributed by atoms with Crippen molar-refractivity contribution in [3.8, 4) is 0 Å². The molecule has 5 heteroatoms. The first-order valence-electron chi connectivity index (χ1n) is 8.77. The van der Waals surface area contributed by atoms with Gasteiger partial charge in [-0.2, -0.15) is 0 Å². The predicted molar refractivity (Wildman–Crippen MR) is 100 cm³/mol. The number of amides is 1. The lowest BCUT2D eigenvalue weighted by Crippen LogP contribution is -2.39. The fraction of sp³-hybridized carbons (Fsp3) is 0.579. The lowest BCUT2D eigenvalue weighted by molar-refractivity contribution is -0.145. The van der Waals surface area contributed by atoms with Crippen molar-refractivity contribution < 1.29 is 14.3 Å². The molecule has 0 saturated heterocycles. The normalized spacial score (nSPS) is 11.8. The molecule has 0 aliphatic carbocycles. The zero-order valence-electron chi connectivity index (χ0n) is 14.6. The average Bonchev–Trinajstić information content (AvgIpc) is 2.57. The third kappa shape index (κ3) is 8.48. The Bertz CT molecular complexity index is 519. The van der Waals surface area contributed by atoms with Crippen LogP contribution in [0.2, 0.25) is 0 Å². The molecule has 0 saturated carbocycles. The summed E-state index contributed by atoms with van der Waals surface area (Å²) in [5.41, 5.74) is 0.510. The van der Waals surface area contributed by atoms with E-state index in [0.29, 0.717) is 12.2 Å². The molecule has 0 aliphatic heterocycles. The smallest absolute Gasteiger partial charge is 0.328 e. The van der Waals surface area contributed by atoms with Crippen molar-refractivity contribution in [2.45, 2.75) is 64.8 Å². The van der Waals surface area contributed by atoms with E-state index in [2.05, 4.69) is 28.2 Å². The second kappa shape index (κ2) is 12.1. The Kier molecular flexibility index (Phi) is 10.4. The number of unbranched alkanes of at least 4 members (excludes halogenated alkanes) is 6. The van der Waals surface area contributed by atoms with Crippen LogP contribution in [-0.4, -0.2) is 24.5 Å². The van der Waals surface area contributed by atoms with Gasteiger partial charge in [-0.25, -0.2) is 4.79 Å².